The van der Waals surface area contributed by atoms with Crippen molar-refractivity contribution in [2.75, 3.05) is 6.61 Å². The molecule has 0 unspecified atom stereocenters. The third-order valence-corrected chi connectivity index (χ3v) is 7.62. The van der Waals surface area contributed by atoms with Crippen LogP contribution in [0, 0.1) is 10.7 Å². The average molecular weight is 544 g/mol. The highest BCUT2D eigenvalue weighted by molar-refractivity contribution is 14.1. The van der Waals surface area contributed by atoms with Crippen LogP contribution in [0.2, 0.25) is 6.04 Å². The van der Waals surface area contributed by atoms with E-state index in [9.17, 15) is 0 Å². The van der Waals surface area contributed by atoms with Crippen LogP contribution < -0.4 is 4.74 Å². The molecule has 0 heterocycles. The van der Waals surface area contributed by atoms with Gasteiger partial charge in [0.1, 0.15) is 5.75 Å². The molecule has 0 atom stereocenters. The molecule has 0 spiro atoms. The standard InChI is InChI=1S/C9H11I3OSi/c10-6-2-3-7(9(12)8(6)11)13-4-1-5-14/h2-3H,1,4-5H2,14H3. The Morgan fingerprint density at radius 2 is 1.86 bits per heavy atom. The first kappa shape index (κ1) is 13.5. The van der Waals surface area contributed by atoms with Gasteiger partial charge >= 0.3 is 0 Å². The van der Waals surface area contributed by atoms with Gasteiger partial charge in [-0.25, -0.2) is 0 Å². The molecule has 0 N–H and O–H groups in total. The summed E-state index contributed by atoms with van der Waals surface area (Å²) in [4.78, 5) is 0. The summed E-state index contributed by atoms with van der Waals surface area (Å²) >= 11 is 7.07. The maximum absolute atomic E-state index is 5.72. The fraction of sp³-hybridized carbons (Fsp3) is 0.333. The molecule has 1 aromatic rings. The third-order valence-electron chi connectivity index (χ3n) is 1.76. The van der Waals surface area contributed by atoms with E-state index in [4.69, 9.17) is 4.74 Å². The molecule has 1 nitrogen and oxygen atoms in total. The van der Waals surface area contributed by atoms with Crippen LogP contribution in [0.1, 0.15) is 6.42 Å². The summed E-state index contributed by atoms with van der Waals surface area (Å²) in [6, 6.07) is 5.50. The maximum atomic E-state index is 5.72. The highest BCUT2D eigenvalue weighted by Gasteiger charge is 2.07. The SMILES string of the molecule is [SiH3]CCCOc1ccc(I)c(I)c1I. The fourth-order valence-corrected chi connectivity index (χ4v) is 3.27. The quantitative estimate of drug-likeness (QED) is 0.246. The van der Waals surface area contributed by atoms with Crippen molar-refractivity contribution in [1.29, 1.82) is 0 Å². The van der Waals surface area contributed by atoms with Crippen LogP contribution in [-0.4, -0.2) is 16.8 Å². The minimum atomic E-state index is 0.857. The third kappa shape index (κ3) is 3.78. The lowest BCUT2D eigenvalue weighted by Gasteiger charge is -2.09. The van der Waals surface area contributed by atoms with Gasteiger partial charge in [0.25, 0.3) is 0 Å². The maximum Gasteiger partial charge on any atom is 0.133 e. The Morgan fingerprint density at radius 1 is 1.14 bits per heavy atom. The van der Waals surface area contributed by atoms with Crippen LogP contribution in [0.3, 0.4) is 0 Å². The zero-order valence-electron chi connectivity index (χ0n) is 7.82. The molecule has 14 heavy (non-hydrogen) atoms. The zero-order valence-corrected chi connectivity index (χ0v) is 16.3. The first-order chi connectivity index (χ1) is 6.66. The van der Waals surface area contributed by atoms with Gasteiger partial charge in [0.2, 0.25) is 0 Å². The van der Waals surface area contributed by atoms with Gasteiger partial charge in [-0.3, -0.25) is 0 Å². The van der Waals surface area contributed by atoms with Crippen molar-refractivity contribution < 1.29 is 4.74 Å². The topological polar surface area (TPSA) is 9.23 Å². The normalized spacial score (nSPS) is 10.5. The van der Waals surface area contributed by atoms with Crippen molar-refractivity contribution in [3.05, 3.63) is 22.8 Å². The molecular formula is C9H11I3OSi. The summed E-state index contributed by atoms with van der Waals surface area (Å²) in [5.41, 5.74) is 0. The summed E-state index contributed by atoms with van der Waals surface area (Å²) in [7, 11) is 1.28. The Morgan fingerprint density at radius 3 is 2.50 bits per heavy atom. The lowest BCUT2D eigenvalue weighted by molar-refractivity contribution is 0.315. The largest absolute Gasteiger partial charge is 0.492 e. The van der Waals surface area contributed by atoms with Crippen molar-refractivity contribution >= 4 is 78.0 Å². The van der Waals surface area contributed by atoms with Gasteiger partial charge in [-0.15, -0.1) is 0 Å². The Balaban J connectivity index is 2.73. The molecule has 0 saturated heterocycles. The van der Waals surface area contributed by atoms with Crippen LogP contribution in [0.4, 0.5) is 0 Å². The second-order valence-corrected chi connectivity index (χ2v) is 7.20. The number of benzene rings is 1. The highest BCUT2D eigenvalue weighted by Crippen LogP contribution is 2.29. The predicted octanol–water partition coefficient (Wildman–Crippen LogP) is 3.05. The molecule has 78 valence electrons. The van der Waals surface area contributed by atoms with Crippen molar-refractivity contribution in [3.8, 4) is 5.75 Å². The van der Waals surface area contributed by atoms with E-state index in [2.05, 4.69) is 79.9 Å². The van der Waals surface area contributed by atoms with E-state index in [0.29, 0.717) is 0 Å². The fourth-order valence-electron chi connectivity index (χ4n) is 0.946. The van der Waals surface area contributed by atoms with E-state index in [0.717, 1.165) is 12.4 Å². The van der Waals surface area contributed by atoms with Crippen LogP contribution in [0.5, 0.6) is 5.75 Å². The monoisotopic (exact) mass is 544 g/mol. The van der Waals surface area contributed by atoms with Crippen molar-refractivity contribution in [1.82, 2.24) is 0 Å². The van der Waals surface area contributed by atoms with Gasteiger partial charge in [-0.1, -0.05) is 6.04 Å². The number of halogens is 3. The lowest BCUT2D eigenvalue weighted by atomic mass is 10.3. The minimum Gasteiger partial charge on any atom is -0.492 e. The van der Waals surface area contributed by atoms with Crippen LogP contribution in [0.15, 0.2) is 12.1 Å². The van der Waals surface area contributed by atoms with Crippen LogP contribution in [0.25, 0.3) is 0 Å². The van der Waals surface area contributed by atoms with Crippen LogP contribution >= 0.6 is 67.8 Å². The molecule has 0 amide bonds. The highest BCUT2D eigenvalue weighted by atomic mass is 127. The van der Waals surface area contributed by atoms with E-state index in [1.807, 2.05) is 0 Å². The number of hydrogen-bond acceptors (Lipinski definition) is 1. The summed E-state index contributed by atoms with van der Waals surface area (Å²) in [5, 5.41) is 0. The molecular weight excluding hydrogens is 533 g/mol. The van der Waals surface area contributed by atoms with Gasteiger partial charge in [-0.2, -0.15) is 0 Å². The van der Waals surface area contributed by atoms with Gasteiger partial charge in [0.05, 0.1) is 10.2 Å². The average Bonchev–Trinajstić information content (AvgIpc) is 2.18. The molecule has 0 aliphatic rings. The lowest BCUT2D eigenvalue weighted by Crippen LogP contribution is -2.00. The first-order valence-electron chi connectivity index (χ1n) is 4.43. The smallest absolute Gasteiger partial charge is 0.133 e. The number of rotatable bonds is 4. The second kappa shape index (κ2) is 6.89. The van der Waals surface area contributed by atoms with E-state index in [-0.39, 0.29) is 0 Å². The van der Waals surface area contributed by atoms with E-state index < -0.39 is 0 Å². The zero-order chi connectivity index (χ0) is 10.6. The molecule has 1 rings (SSSR count). The molecule has 0 aliphatic heterocycles. The van der Waals surface area contributed by atoms with Gasteiger partial charge in [-0.05, 0) is 86.3 Å². The van der Waals surface area contributed by atoms with Gasteiger partial charge in [0.15, 0.2) is 0 Å². The number of ether oxygens (including phenoxy) is 1. The summed E-state index contributed by atoms with van der Waals surface area (Å²) < 4.78 is 9.55. The second-order valence-electron chi connectivity index (χ2n) is 2.88. The van der Waals surface area contributed by atoms with Crippen molar-refractivity contribution in [3.63, 3.8) is 0 Å². The Bertz CT molecular complexity index is 317. The molecule has 0 fully saturated rings. The Kier molecular flexibility index (Phi) is 6.64. The Labute approximate surface area is 129 Å². The van der Waals surface area contributed by atoms with Crippen molar-refractivity contribution in [2.45, 2.75) is 12.5 Å². The molecule has 0 aromatic heterocycles. The minimum absolute atomic E-state index is 0.857. The summed E-state index contributed by atoms with van der Waals surface area (Å²) in [5.74, 6) is 1.03. The first-order valence-corrected chi connectivity index (χ1v) is 9.08. The molecule has 0 bridgehead atoms. The van der Waals surface area contributed by atoms with Gasteiger partial charge in [0, 0.05) is 17.4 Å². The van der Waals surface area contributed by atoms with E-state index >= 15 is 0 Å². The number of hydrogen-bond donors (Lipinski definition) is 0. The molecule has 1 aromatic carbocycles. The predicted molar refractivity (Wildman–Crippen MR) is 89.5 cm³/mol. The van der Waals surface area contributed by atoms with E-state index in [1.165, 1.54) is 33.4 Å². The van der Waals surface area contributed by atoms with Crippen molar-refractivity contribution in [2.24, 2.45) is 0 Å². The summed E-state index contributed by atoms with van der Waals surface area (Å²) in [6.07, 6.45) is 1.19. The molecule has 0 aliphatic carbocycles. The summed E-state index contributed by atoms with van der Waals surface area (Å²) in [6.45, 7) is 0.857. The van der Waals surface area contributed by atoms with Gasteiger partial charge < -0.3 is 4.74 Å². The van der Waals surface area contributed by atoms with Crippen LogP contribution in [-0.2, 0) is 0 Å². The molecule has 5 heteroatoms. The molecule has 0 saturated carbocycles. The Hall–Kier alpha value is 1.43. The molecule has 0 radical (unpaired) electrons. The van der Waals surface area contributed by atoms with E-state index in [1.54, 1.807) is 0 Å².